The lowest BCUT2D eigenvalue weighted by molar-refractivity contribution is 0.539. The summed E-state index contributed by atoms with van der Waals surface area (Å²) in [7, 11) is 0. The van der Waals surface area contributed by atoms with Gasteiger partial charge in [0.1, 0.15) is 0 Å². The van der Waals surface area contributed by atoms with Crippen LogP contribution in [0.2, 0.25) is 0 Å². The molecule has 1 aromatic rings. The number of hydrogen-bond donors (Lipinski definition) is 1. The number of hydrogen-bond acceptors (Lipinski definition) is 4. The second-order valence-corrected chi connectivity index (χ2v) is 7.31. The van der Waals surface area contributed by atoms with Crippen LogP contribution in [0.15, 0.2) is 5.51 Å². The molecule has 2 nitrogen and oxygen atoms in total. The van der Waals surface area contributed by atoms with Crippen molar-refractivity contribution in [2.45, 2.75) is 37.9 Å². The fourth-order valence-electron chi connectivity index (χ4n) is 2.10. The molecule has 0 aliphatic carbocycles. The van der Waals surface area contributed by atoms with Crippen molar-refractivity contribution >= 4 is 23.1 Å². The zero-order chi connectivity index (χ0) is 11.4. The first-order valence-corrected chi connectivity index (χ1v) is 7.80. The smallest absolute Gasteiger partial charge is 0.0797 e. The van der Waals surface area contributed by atoms with Gasteiger partial charge in [0, 0.05) is 22.7 Å². The molecule has 1 fully saturated rings. The minimum absolute atomic E-state index is 0.489. The summed E-state index contributed by atoms with van der Waals surface area (Å²) in [5.74, 6) is 1.34. The second-order valence-electron chi connectivity index (χ2n) is 4.69. The third-order valence-corrected chi connectivity index (χ3v) is 5.71. The quantitative estimate of drug-likeness (QED) is 0.820. The molecular weight excluding hydrogens is 236 g/mol. The van der Waals surface area contributed by atoms with Crippen LogP contribution in [-0.2, 0) is 6.42 Å². The monoisotopic (exact) mass is 256 g/mol. The van der Waals surface area contributed by atoms with E-state index in [9.17, 15) is 0 Å². The molecule has 4 heteroatoms. The molecule has 2 heterocycles. The number of aryl methyl sites for hydroxylation is 1. The van der Waals surface area contributed by atoms with E-state index in [1.54, 1.807) is 11.3 Å². The summed E-state index contributed by atoms with van der Waals surface area (Å²) in [4.78, 5) is 5.70. The fraction of sp³-hybridized carbons (Fsp3) is 0.750. The molecule has 1 unspecified atom stereocenters. The van der Waals surface area contributed by atoms with E-state index in [0.29, 0.717) is 4.75 Å². The van der Waals surface area contributed by atoms with Gasteiger partial charge in [-0.25, -0.2) is 4.98 Å². The van der Waals surface area contributed by atoms with E-state index in [0.717, 1.165) is 19.5 Å². The van der Waals surface area contributed by atoms with Crippen LogP contribution in [-0.4, -0.2) is 28.6 Å². The maximum Gasteiger partial charge on any atom is 0.0797 e. The predicted molar refractivity (Wildman–Crippen MR) is 73.5 cm³/mol. The van der Waals surface area contributed by atoms with Crippen molar-refractivity contribution in [2.24, 2.45) is 0 Å². The average molecular weight is 256 g/mol. The Morgan fingerprint density at radius 3 is 3.06 bits per heavy atom. The Kier molecular flexibility index (Phi) is 4.27. The molecule has 1 N–H and O–H groups in total. The maximum atomic E-state index is 4.27. The van der Waals surface area contributed by atoms with Gasteiger partial charge in [0.25, 0.3) is 0 Å². The lowest BCUT2D eigenvalue weighted by Gasteiger charge is -2.22. The zero-order valence-corrected chi connectivity index (χ0v) is 11.7. The van der Waals surface area contributed by atoms with Gasteiger partial charge in [-0.15, -0.1) is 11.3 Å². The van der Waals surface area contributed by atoms with Gasteiger partial charge in [-0.1, -0.05) is 0 Å². The lowest BCUT2D eigenvalue weighted by atomic mass is 10.1. The molecule has 1 saturated heterocycles. The number of thiazole rings is 1. The summed E-state index contributed by atoms with van der Waals surface area (Å²) < 4.78 is 0.489. The highest BCUT2D eigenvalue weighted by atomic mass is 32.2. The first-order valence-electron chi connectivity index (χ1n) is 5.93. The fourth-order valence-corrected chi connectivity index (χ4v) is 4.15. The van der Waals surface area contributed by atoms with Crippen molar-refractivity contribution in [3.63, 3.8) is 0 Å². The summed E-state index contributed by atoms with van der Waals surface area (Å²) in [6.07, 6.45) is 3.87. The third-order valence-electron chi connectivity index (χ3n) is 3.17. The van der Waals surface area contributed by atoms with E-state index in [4.69, 9.17) is 0 Å². The van der Waals surface area contributed by atoms with Crippen molar-refractivity contribution < 1.29 is 0 Å². The van der Waals surface area contributed by atoms with Crippen LogP contribution in [0.1, 0.15) is 30.3 Å². The molecule has 1 atom stereocenters. The SMILES string of the molecule is Cc1ncsc1CCNCC1(C)CCCS1. The third kappa shape index (κ3) is 3.22. The Morgan fingerprint density at radius 1 is 1.56 bits per heavy atom. The molecule has 0 radical (unpaired) electrons. The minimum Gasteiger partial charge on any atom is -0.315 e. The Balaban J connectivity index is 1.67. The molecule has 1 aromatic heterocycles. The molecule has 1 aliphatic rings. The van der Waals surface area contributed by atoms with Crippen LogP contribution in [0.5, 0.6) is 0 Å². The Bertz CT molecular complexity index is 330. The summed E-state index contributed by atoms with van der Waals surface area (Å²) >= 11 is 3.90. The molecule has 2 rings (SSSR count). The van der Waals surface area contributed by atoms with Crippen molar-refractivity contribution in [3.05, 3.63) is 16.1 Å². The molecule has 90 valence electrons. The molecule has 0 spiro atoms. The normalized spacial score (nSPS) is 25.1. The first kappa shape index (κ1) is 12.4. The second kappa shape index (κ2) is 5.52. The molecule has 0 aromatic carbocycles. The van der Waals surface area contributed by atoms with Crippen molar-refractivity contribution in [2.75, 3.05) is 18.8 Å². The number of nitrogens with one attached hydrogen (secondary N) is 1. The maximum absolute atomic E-state index is 4.27. The first-order chi connectivity index (χ1) is 7.70. The largest absolute Gasteiger partial charge is 0.315 e. The topological polar surface area (TPSA) is 24.9 Å². The van der Waals surface area contributed by atoms with Gasteiger partial charge in [0.05, 0.1) is 11.2 Å². The van der Waals surface area contributed by atoms with E-state index in [-0.39, 0.29) is 0 Å². The van der Waals surface area contributed by atoms with E-state index in [1.807, 2.05) is 5.51 Å². The van der Waals surface area contributed by atoms with E-state index in [1.165, 1.54) is 29.2 Å². The molecule has 1 aliphatic heterocycles. The van der Waals surface area contributed by atoms with Gasteiger partial charge in [-0.05, 0) is 38.9 Å². The van der Waals surface area contributed by atoms with Crippen LogP contribution in [0.3, 0.4) is 0 Å². The molecule has 16 heavy (non-hydrogen) atoms. The summed E-state index contributed by atoms with van der Waals surface area (Å²) in [6.45, 7) is 6.71. The predicted octanol–water partition coefficient (Wildman–Crippen LogP) is 2.87. The van der Waals surface area contributed by atoms with Crippen LogP contribution < -0.4 is 5.32 Å². The zero-order valence-electron chi connectivity index (χ0n) is 10.1. The number of thioether (sulfide) groups is 1. The van der Waals surface area contributed by atoms with Gasteiger partial charge in [-0.2, -0.15) is 11.8 Å². The van der Waals surface area contributed by atoms with Crippen LogP contribution in [0.4, 0.5) is 0 Å². The van der Waals surface area contributed by atoms with Crippen molar-refractivity contribution in [1.29, 1.82) is 0 Å². The standard InChI is InChI=1S/C12H20N2S2/c1-10-11(15-9-14-10)4-6-13-8-12(2)5-3-7-16-12/h9,13H,3-8H2,1-2H3. The van der Waals surface area contributed by atoms with Gasteiger partial charge >= 0.3 is 0 Å². The number of rotatable bonds is 5. The Hall–Kier alpha value is -0.0600. The van der Waals surface area contributed by atoms with Crippen molar-refractivity contribution in [1.82, 2.24) is 10.3 Å². The van der Waals surface area contributed by atoms with E-state index >= 15 is 0 Å². The lowest BCUT2D eigenvalue weighted by Crippen LogP contribution is -2.33. The van der Waals surface area contributed by atoms with Gasteiger partial charge in [0.2, 0.25) is 0 Å². The van der Waals surface area contributed by atoms with E-state index in [2.05, 4.69) is 35.9 Å². The highest BCUT2D eigenvalue weighted by molar-refractivity contribution is 8.00. The molecule has 0 amide bonds. The highest BCUT2D eigenvalue weighted by Crippen LogP contribution is 2.36. The Morgan fingerprint density at radius 2 is 2.44 bits per heavy atom. The molecular formula is C12H20N2S2. The molecule has 0 saturated carbocycles. The van der Waals surface area contributed by atoms with Crippen LogP contribution in [0.25, 0.3) is 0 Å². The van der Waals surface area contributed by atoms with Crippen LogP contribution in [0, 0.1) is 6.92 Å². The van der Waals surface area contributed by atoms with Crippen LogP contribution >= 0.6 is 23.1 Å². The number of aromatic nitrogens is 1. The van der Waals surface area contributed by atoms with Gasteiger partial charge < -0.3 is 5.32 Å². The summed E-state index contributed by atoms with van der Waals surface area (Å²) in [5.41, 5.74) is 3.15. The Labute approximate surface area is 106 Å². The minimum atomic E-state index is 0.489. The molecule has 0 bridgehead atoms. The summed E-state index contributed by atoms with van der Waals surface area (Å²) in [6, 6.07) is 0. The van der Waals surface area contributed by atoms with E-state index < -0.39 is 0 Å². The number of nitrogens with zero attached hydrogens (tertiary/aromatic N) is 1. The summed E-state index contributed by atoms with van der Waals surface area (Å²) in [5, 5.41) is 3.59. The average Bonchev–Trinajstić information content (AvgIpc) is 2.84. The van der Waals surface area contributed by atoms with Crippen molar-refractivity contribution in [3.8, 4) is 0 Å². The van der Waals surface area contributed by atoms with Gasteiger partial charge in [-0.3, -0.25) is 0 Å². The highest BCUT2D eigenvalue weighted by Gasteiger charge is 2.28. The van der Waals surface area contributed by atoms with Gasteiger partial charge in [0.15, 0.2) is 0 Å².